The van der Waals surface area contributed by atoms with Gasteiger partial charge in [-0.25, -0.2) is 0 Å². The van der Waals surface area contributed by atoms with Crippen LogP contribution in [0.1, 0.15) is 16.7 Å². The zero-order valence-electron chi connectivity index (χ0n) is 14.3. The van der Waals surface area contributed by atoms with Gasteiger partial charge in [-0.2, -0.15) is 5.26 Å². The van der Waals surface area contributed by atoms with Gasteiger partial charge in [0.1, 0.15) is 11.6 Å². The van der Waals surface area contributed by atoms with Crippen LogP contribution in [-0.4, -0.2) is 12.5 Å². The standard InChI is InChI=1S/C20H20BrN3O/c1-14-7-8-19(15(2)11-14)24-20(25)17(12-22)13-23-10-9-16-5-3-4-6-18(16)21/h3-8,11,13,23H,9-10H2,1-2H3,(H,24,25)/b17-13-. The molecular formula is C20H20BrN3O. The molecule has 2 rings (SSSR count). The highest BCUT2D eigenvalue weighted by Crippen LogP contribution is 2.17. The molecule has 0 aliphatic heterocycles. The molecule has 0 unspecified atom stereocenters. The Morgan fingerprint density at radius 2 is 2.00 bits per heavy atom. The van der Waals surface area contributed by atoms with E-state index in [-0.39, 0.29) is 5.57 Å². The lowest BCUT2D eigenvalue weighted by molar-refractivity contribution is -0.112. The van der Waals surface area contributed by atoms with Crippen LogP contribution >= 0.6 is 15.9 Å². The summed E-state index contributed by atoms with van der Waals surface area (Å²) in [6, 6.07) is 15.7. The molecule has 0 atom stereocenters. The Morgan fingerprint density at radius 3 is 2.68 bits per heavy atom. The number of amides is 1. The Bertz CT molecular complexity index is 837. The number of aryl methyl sites for hydroxylation is 2. The maximum Gasteiger partial charge on any atom is 0.267 e. The van der Waals surface area contributed by atoms with Gasteiger partial charge < -0.3 is 10.6 Å². The molecule has 0 aliphatic rings. The molecule has 0 radical (unpaired) electrons. The monoisotopic (exact) mass is 397 g/mol. The van der Waals surface area contributed by atoms with Crippen LogP contribution in [0.15, 0.2) is 58.7 Å². The van der Waals surface area contributed by atoms with Crippen molar-refractivity contribution in [3.05, 3.63) is 75.4 Å². The van der Waals surface area contributed by atoms with Gasteiger partial charge in [-0.3, -0.25) is 4.79 Å². The van der Waals surface area contributed by atoms with Crippen molar-refractivity contribution in [1.82, 2.24) is 5.32 Å². The normalized spacial score (nSPS) is 10.9. The molecule has 0 fully saturated rings. The Kier molecular flexibility index (Phi) is 6.79. The van der Waals surface area contributed by atoms with Gasteiger partial charge in [0.25, 0.3) is 5.91 Å². The van der Waals surface area contributed by atoms with Crippen LogP contribution in [0.3, 0.4) is 0 Å². The van der Waals surface area contributed by atoms with Crippen molar-refractivity contribution in [2.24, 2.45) is 0 Å². The summed E-state index contributed by atoms with van der Waals surface area (Å²) in [6.45, 7) is 4.55. The van der Waals surface area contributed by atoms with E-state index in [1.54, 1.807) is 0 Å². The number of carbonyl (C=O) groups excluding carboxylic acids is 1. The summed E-state index contributed by atoms with van der Waals surface area (Å²) >= 11 is 3.50. The minimum absolute atomic E-state index is 0.0482. The number of anilines is 1. The second kappa shape index (κ2) is 9.05. The molecule has 0 bridgehead atoms. The van der Waals surface area contributed by atoms with Crippen LogP contribution in [0.4, 0.5) is 5.69 Å². The van der Waals surface area contributed by atoms with Crippen molar-refractivity contribution in [2.75, 3.05) is 11.9 Å². The molecule has 0 aromatic heterocycles. The molecule has 25 heavy (non-hydrogen) atoms. The van der Waals surface area contributed by atoms with Gasteiger partial charge in [0.05, 0.1) is 0 Å². The summed E-state index contributed by atoms with van der Waals surface area (Å²) in [5, 5.41) is 15.0. The van der Waals surface area contributed by atoms with Gasteiger partial charge in [-0.15, -0.1) is 0 Å². The van der Waals surface area contributed by atoms with Crippen molar-refractivity contribution < 1.29 is 4.79 Å². The summed E-state index contributed by atoms with van der Waals surface area (Å²) in [5.74, 6) is -0.414. The second-order valence-corrected chi connectivity index (χ2v) is 6.59. The van der Waals surface area contributed by atoms with E-state index in [1.807, 2.05) is 62.4 Å². The van der Waals surface area contributed by atoms with Crippen molar-refractivity contribution in [2.45, 2.75) is 20.3 Å². The van der Waals surface area contributed by atoms with E-state index in [1.165, 1.54) is 11.8 Å². The van der Waals surface area contributed by atoms with Gasteiger partial charge in [-0.1, -0.05) is 51.8 Å². The fourth-order valence-electron chi connectivity index (χ4n) is 2.37. The quantitative estimate of drug-likeness (QED) is 0.435. The van der Waals surface area contributed by atoms with Gasteiger partial charge in [0, 0.05) is 22.9 Å². The third kappa shape index (κ3) is 5.47. The fourth-order valence-corrected chi connectivity index (χ4v) is 2.86. The number of carbonyl (C=O) groups is 1. The van der Waals surface area contributed by atoms with Crippen molar-refractivity contribution in [1.29, 1.82) is 5.26 Å². The Hall–Kier alpha value is -2.58. The first-order valence-corrected chi connectivity index (χ1v) is 8.76. The fraction of sp³-hybridized carbons (Fsp3) is 0.200. The lowest BCUT2D eigenvalue weighted by Gasteiger charge is -2.09. The maximum atomic E-state index is 12.2. The number of nitrogens with one attached hydrogen (secondary N) is 2. The zero-order chi connectivity index (χ0) is 18.2. The first-order valence-electron chi connectivity index (χ1n) is 7.97. The number of benzene rings is 2. The topological polar surface area (TPSA) is 64.9 Å². The van der Waals surface area contributed by atoms with Crippen LogP contribution < -0.4 is 10.6 Å². The molecule has 5 heteroatoms. The Labute approximate surface area is 156 Å². The molecule has 0 heterocycles. The largest absolute Gasteiger partial charge is 0.389 e. The predicted molar refractivity (Wildman–Crippen MR) is 104 cm³/mol. The van der Waals surface area contributed by atoms with Crippen LogP contribution in [0.25, 0.3) is 0 Å². The molecule has 2 N–H and O–H groups in total. The number of hydrogen-bond acceptors (Lipinski definition) is 3. The minimum Gasteiger partial charge on any atom is -0.389 e. The number of nitrogens with zero attached hydrogens (tertiary/aromatic N) is 1. The summed E-state index contributed by atoms with van der Waals surface area (Å²) in [7, 11) is 0. The Balaban J connectivity index is 1.94. The zero-order valence-corrected chi connectivity index (χ0v) is 15.9. The van der Waals surface area contributed by atoms with E-state index in [0.29, 0.717) is 12.2 Å². The molecule has 0 saturated heterocycles. The number of hydrogen-bond donors (Lipinski definition) is 2. The maximum absolute atomic E-state index is 12.2. The number of rotatable bonds is 6. The molecule has 0 saturated carbocycles. The molecule has 128 valence electrons. The molecular weight excluding hydrogens is 378 g/mol. The molecule has 1 amide bonds. The van der Waals surface area contributed by atoms with E-state index in [0.717, 1.165) is 22.0 Å². The second-order valence-electron chi connectivity index (χ2n) is 5.74. The summed E-state index contributed by atoms with van der Waals surface area (Å²) in [6.07, 6.45) is 2.25. The molecule has 2 aromatic carbocycles. The van der Waals surface area contributed by atoms with Crippen LogP contribution in [0.2, 0.25) is 0 Å². The van der Waals surface area contributed by atoms with Crippen molar-refractivity contribution in [3.63, 3.8) is 0 Å². The van der Waals surface area contributed by atoms with Crippen LogP contribution in [0, 0.1) is 25.2 Å². The number of halogens is 1. The third-order valence-corrected chi connectivity index (χ3v) is 4.51. The summed E-state index contributed by atoms with van der Waals surface area (Å²) in [4.78, 5) is 12.2. The lowest BCUT2D eigenvalue weighted by Crippen LogP contribution is -2.18. The SMILES string of the molecule is Cc1ccc(NC(=O)/C(C#N)=C\NCCc2ccccc2Br)c(C)c1. The first kappa shape index (κ1) is 18.8. The van der Waals surface area contributed by atoms with Crippen LogP contribution in [-0.2, 0) is 11.2 Å². The van der Waals surface area contributed by atoms with E-state index in [2.05, 4.69) is 26.6 Å². The van der Waals surface area contributed by atoms with Crippen molar-refractivity contribution in [3.8, 4) is 6.07 Å². The van der Waals surface area contributed by atoms with Crippen LogP contribution in [0.5, 0.6) is 0 Å². The third-order valence-electron chi connectivity index (χ3n) is 3.74. The minimum atomic E-state index is -0.414. The highest BCUT2D eigenvalue weighted by molar-refractivity contribution is 9.10. The van der Waals surface area contributed by atoms with E-state index >= 15 is 0 Å². The smallest absolute Gasteiger partial charge is 0.267 e. The van der Waals surface area contributed by atoms with Gasteiger partial charge >= 0.3 is 0 Å². The predicted octanol–water partition coefficient (Wildman–Crippen LogP) is 4.24. The highest BCUT2D eigenvalue weighted by atomic mass is 79.9. The van der Waals surface area contributed by atoms with E-state index in [9.17, 15) is 10.1 Å². The van der Waals surface area contributed by atoms with E-state index in [4.69, 9.17) is 0 Å². The average molecular weight is 398 g/mol. The Morgan fingerprint density at radius 1 is 1.24 bits per heavy atom. The van der Waals surface area contributed by atoms with Gasteiger partial charge in [0.15, 0.2) is 0 Å². The summed E-state index contributed by atoms with van der Waals surface area (Å²) in [5.41, 5.74) is 4.02. The molecule has 0 spiro atoms. The molecule has 4 nitrogen and oxygen atoms in total. The van der Waals surface area contributed by atoms with Gasteiger partial charge in [-0.05, 0) is 43.5 Å². The molecule has 0 aliphatic carbocycles. The summed E-state index contributed by atoms with van der Waals surface area (Å²) < 4.78 is 1.05. The van der Waals surface area contributed by atoms with Gasteiger partial charge in [0.2, 0.25) is 0 Å². The molecule has 2 aromatic rings. The average Bonchev–Trinajstić information content (AvgIpc) is 2.59. The van der Waals surface area contributed by atoms with E-state index < -0.39 is 5.91 Å². The number of nitriles is 1. The first-order chi connectivity index (χ1) is 12.0. The van der Waals surface area contributed by atoms with Crippen molar-refractivity contribution >= 4 is 27.5 Å². The highest BCUT2D eigenvalue weighted by Gasteiger charge is 2.10. The lowest BCUT2D eigenvalue weighted by atomic mass is 10.1.